The van der Waals surface area contributed by atoms with E-state index >= 15 is 0 Å². The highest BCUT2D eigenvalue weighted by molar-refractivity contribution is 5.84. The number of ether oxygens (including phenoxy) is 2. The van der Waals surface area contributed by atoms with Gasteiger partial charge in [-0.25, -0.2) is 0 Å². The summed E-state index contributed by atoms with van der Waals surface area (Å²) in [7, 11) is 1.71. The minimum Gasteiger partial charge on any atom is -0.466 e. The maximum atomic E-state index is 11.8. The number of likely N-dealkylation sites (tertiary alicyclic amines) is 1. The number of nitrogens with zero attached hydrogens (tertiary/aromatic N) is 1. The molecule has 1 heterocycles. The molecule has 1 unspecified atom stereocenters. The Morgan fingerprint density at radius 3 is 2.68 bits per heavy atom. The first-order valence-electron chi connectivity index (χ1n) is 6.94. The van der Waals surface area contributed by atoms with Crippen LogP contribution in [-0.4, -0.2) is 55.6 Å². The summed E-state index contributed by atoms with van der Waals surface area (Å²) >= 11 is 0. The number of esters is 1. The summed E-state index contributed by atoms with van der Waals surface area (Å²) in [5, 5.41) is 0. The van der Waals surface area contributed by atoms with Crippen LogP contribution in [0.3, 0.4) is 0 Å². The Kier molecular flexibility index (Phi) is 6.45. The van der Waals surface area contributed by atoms with E-state index in [0.717, 1.165) is 25.9 Å². The van der Waals surface area contributed by atoms with Crippen LogP contribution in [0.5, 0.6) is 0 Å². The molecule has 1 aliphatic rings. The van der Waals surface area contributed by atoms with Gasteiger partial charge in [0.05, 0.1) is 25.2 Å². The Morgan fingerprint density at radius 2 is 2.05 bits per heavy atom. The number of carbonyl (C=O) groups is 2. The lowest BCUT2D eigenvalue weighted by Gasteiger charge is -2.39. The van der Waals surface area contributed by atoms with Gasteiger partial charge in [-0.1, -0.05) is 0 Å². The standard InChI is InChI=1S/C14H25NO4/c1-4-19-13(17)7-6-12(16)10-15-9-5-8-14(2,11-15)18-3/h4-11H2,1-3H3. The third-order valence-electron chi connectivity index (χ3n) is 3.54. The van der Waals surface area contributed by atoms with E-state index in [2.05, 4.69) is 11.8 Å². The van der Waals surface area contributed by atoms with Crippen LogP contribution in [0.25, 0.3) is 0 Å². The van der Waals surface area contributed by atoms with Crippen molar-refractivity contribution in [2.75, 3.05) is 33.4 Å². The van der Waals surface area contributed by atoms with E-state index < -0.39 is 0 Å². The molecule has 0 aromatic carbocycles. The van der Waals surface area contributed by atoms with Crippen molar-refractivity contribution in [3.05, 3.63) is 0 Å². The summed E-state index contributed by atoms with van der Waals surface area (Å²) in [5.74, 6) is -0.204. The number of rotatable bonds is 7. The molecule has 0 radical (unpaired) electrons. The SMILES string of the molecule is CCOC(=O)CCC(=O)CN1CCCC(C)(OC)C1. The molecule has 0 amide bonds. The minimum absolute atomic E-state index is 0.0911. The highest BCUT2D eigenvalue weighted by Crippen LogP contribution is 2.23. The smallest absolute Gasteiger partial charge is 0.306 e. The number of hydrogen-bond acceptors (Lipinski definition) is 5. The predicted octanol–water partition coefficient (Wildman–Crippen LogP) is 1.40. The van der Waals surface area contributed by atoms with Gasteiger partial charge >= 0.3 is 5.97 Å². The van der Waals surface area contributed by atoms with Gasteiger partial charge in [-0.05, 0) is 33.2 Å². The predicted molar refractivity (Wildman–Crippen MR) is 72.0 cm³/mol. The lowest BCUT2D eigenvalue weighted by atomic mass is 9.94. The van der Waals surface area contributed by atoms with Crippen LogP contribution in [0.2, 0.25) is 0 Å². The average Bonchev–Trinajstić information content (AvgIpc) is 2.37. The summed E-state index contributed by atoms with van der Waals surface area (Å²) in [5.41, 5.74) is -0.153. The summed E-state index contributed by atoms with van der Waals surface area (Å²) in [6, 6.07) is 0. The molecule has 0 aromatic rings. The molecule has 5 heteroatoms. The van der Waals surface area contributed by atoms with Gasteiger partial charge in [0, 0.05) is 20.1 Å². The molecule has 0 bridgehead atoms. The fourth-order valence-electron chi connectivity index (χ4n) is 2.41. The second-order valence-electron chi connectivity index (χ2n) is 5.31. The third-order valence-corrected chi connectivity index (χ3v) is 3.54. The highest BCUT2D eigenvalue weighted by atomic mass is 16.5. The molecule has 0 aliphatic carbocycles. The number of hydrogen-bond donors (Lipinski definition) is 0. The Bertz CT molecular complexity index is 319. The first-order chi connectivity index (χ1) is 8.99. The molecule has 0 saturated carbocycles. The van der Waals surface area contributed by atoms with Gasteiger partial charge in [-0.3, -0.25) is 14.5 Å². The third kappa shape index (κ3) is 5.70. The van der Waals surface area contributed by atoms with Crippen LogP contribution in [0.15, 0.2) is 0 Å². The first kappa shape index (κ1) is 16.1. The summed E-state index contributed by atoms with van der Waals surface area (Å²) in [4.78, 5) is 25.1. The van der Waals surface area contributed by atoms with Crippen molar-refractivity contribution in [2.45, 2.75) is 45.1 Å². The van der Waals surface area contributed by atoms with Crippen molar-refractivity contribution >= 4 is 11.8 Å². The zero-order valence-electron chi connectivity index (χ0n) is 12.2. The average molecular weight is 271 g/mol. The summed E-state index contributed by atoms with van der Waals surface area (Å²) < 4.78 is 10.3. The van der Waals surface area contributed by atoms with Crippen molar-refractivity contribution in [3.8, 4) is 0 Å². The molecule has 5 nitrogen and oxygen atoms in total. The second-order valence-corrected chi connectivity index (χ2v) is 5.31. The quantitative estimate of drug-likeness (QED) is 0.655. The van der Waals surface area contributed by atoms with Gasteiger partial charge in [-0.2, -0.15) is 0 Å². The monoisotopic (exact) mass is 271 g/mol. The Morgan fingerprint density at radius 1 is 1.32 bits per heavy atom. The molecule has 1 atom stereocenters. The van der Waals surface area contributed by atoms with Gasteiger partial charge in [0.1, 0.15) is 5.78 Å². The Hall–Kier alpha value is -0.940. The van der Waals surface area contributed by atoms with Crippen molar-refractivity contribution in [3.63, 3.8) is 0 Å². The molecule has 0 aromatic heterocycles. The molecule has 0 N–H and O–H groups in total. The van der Waals surface area contributed by atoms with Crippen LogP contribution in [0, 0.1) is 0 Å². The molecular weight excluding hydrogens is 246 g/mol. The van der Waals surface area contributed by atoms with Gasteiger partial charge in [0.25, 0.3) is 0 Å². The topological polar surface area (TPSA) is 55.8 Å². The summed E-state index contributed by atoms with van der Waals surface area (Å²) in [6.45, 7) is 6.30. The molecule has 1 aliphatic heterocycles. The van der Waals surface area contributed by atoms with Crippen LogP contribution in [-0.2, 0) is 19.1 Å². The molecule has 19 heavy (non-hydrogen) atoms. The van der Waals surface area contributed by atoms with Crippen molar-refractivity contribution < 1.29 is 19.1 Å². The number of carbonyl (C=O) groups excluding carboxylic acids is 2. The largest absolute Gasteiger partial charge is 0.466 e. The minimum atomic E-state index is -0.295. The molecular formula is C14H25NO4. The van der Waals surface area contributed by atoms with Crippen LogP contribution < -0.4 is 0 Å². The van der Waals surface area contributed by atoms with Crippen LogP contribution in [0.1, 0.15) is 39.5 Å². The van der Waals surface area contributed by atoms with Gasteiger partial charge in [0.15, 0.2) is 0 Å². The van der Waals surface area contributed by atoms with E-state index in [1.165, 1.54) is 0 Å². The molecule has 110 valence electrons. The Labute approximate surface area is 115 Å². The van der Waals surface area contributed by atoms with Gasteiger partial charge in [0.2, 0.25) is 0 Å². The number of Topliss-reactive ketones (excluding diaryl/α,β-unsaturated/α-hetero) is 1. The maximum absolute atomic E-state index is 11.8. The highest BCUT2D eigenvalue weighted by Gasteiger charge is 2.31. The fourth-order valence-corrected chi connectivity index (χ4v) is 2.41. The van der Waals surface area contributed by atoms with Crippen molar-refractivity contribution in [2.24, 2.45) is 0 Å². The molecule has 1 saturated heterocycles. The van der Waals surface area contributed by atoms with Crippen molar-refractivity contribution in [1.82, 2.24) is 4.90 Å². The molecule has 0 spiro atoms. The zero-order valence-corrected chi connectivity index (χ0v) is 12.2. The van der Waals surface area contributed by atoms with E-state index in [0.29, 0.717) is 13.2 Å². The first-order valence-corrected chi connectivity index (χ1v) is 6.94. The van der Waals surface area contributed by atoms with Crippen molar-refractivity contribution in [1.29, 1.82) is 0 Å². The lowest BCUT2D eigenvalue weighted by Crippen LogP contribution is -2.48. The van der Waals surface area contributed by atoms with E-state index in [9.17, 15) is 9.59 Å². The zero-order chi connectivity index (χ0) is 14.3. The van der Waals surface area contributed by atoms with Crippen LogP contribution in [0.4, 0.5) is 0 Å². The lowest BCUT2D eigenvalue weighted by molar-refractivity contribution is -0.144. The summed E-state index contributed by atoms with van der Waals surface area (Å²) in [6.07, 6.45) is 2.51. The number of piperidine rings is 1. The van der Waals surface area contributed by atoms with E-state index in [1.807, 2.05) is 0 Å². The normalized spacial score (nSPS) is 24.2. The maximum Gasteiger partial charge on any atom is 0.306 e. The van der Waals surface area contributed by atoms with Gasteiger partial charge in [-0.15, -0.1) is 0 Å². The molecule has 1 fully saturated rings. The Balaban J connectivity index is 2.30. The van der Waals surface area contributed by atoms with Crippen LogP contribution >= 0.6 is 0 Å². The fraction of sp³-hybridized carbons (Fsp3) is 0.857. The van der Waals surface area contributed by atoms with Gasteiger partial charge < -0.3 is 9.47 Å². The van der Waals surface area contributed by atoms with E-state index in [4.69, 9.17) is 9.47 Å². The molecule has 1 rings (SSSR count). The second kappa shape index (κ2) is 7.60. The number of ketones is 1. The number of methoxy groups -OCH3 is 1. The van der Waals surface area contributed by atoms with E-state index in [1.54, 1.807) is 14.0 Å². The van der Waals surface area contributed by atoms with E-state index in [-0.39, 0.29) is 30.2 Å².